The lowest BCUT2D eigenvalue weighted by Crippen LogP contribution is -2.59. The topological polar surface area (TPSA) is 18.5 Å². The van der Waals surface area contributed by atoms with E-state index in [0.29, 0.717) is 11.0 Å². The molecule has 1 unspecified atom stereocenters. The van der Waals surface area contributed by atoms with Crippen LogP contribution in [-0.4, -0.2) is 61.7 Å². The quantitative estimate of drug-likeness (QED) is 0.803. The average Bonchev–Trinajstić information content (AvgIpc) is 2.72. The fraction of sp³-hybridized carbons (Fsp3) is 1.00. The first kappa shape index (κ1) is 13.3. The molecule has 1 atom stereocenters. The van der Waals surface area contributed by atoms with Gasteiger partial charge in [0.15, 0.2) is 0 Å². The molecule has 0 aromatic rings. The van der Waals surface area contributed by atoms with Gasteiger partial charge in [-0.2, -0.15) is 0 Å². The van der Waals surface area contributed by atoms with Crippen molar-refractivity contribution in [3.05, 3.63) is 0 Å². The lowest BCUT2D eigenvalue weighted by Gasteiger charge is -2.47. The van der Waals surface area contributed by atoms with Crippen LogP contribution in [0.2, 0.25) is 0 Å². The first-order valence-corrected chi connectivity index (χ1v) is 7.12. The SMILES string of the molecule is CCC1(CN2CCN(C)C(C)(C)C2)CCNC1. The van der Waals surface area contributed by atoms with E-state index in [1.807, 2.05) is 0 Å². The molecule has 2 heterocycles. The third kappa shape index (κ3) is 2.83. The molecule has 0 amide bonds. The standard InChI is InChI=1S/C14H29N3/c1-5-14(6-7-15-10-14)12-17-9-8-16(4)13(2,3)11-17/h15H,5-12H2,1-4H3. The Labute approximate surface area is 107 Å². The van der Waals surface area contributed by atoms with Crippen molar-refractivity contribution < 1.29 is 0 Å². The van der Waals surface area contributed by atoms with Crippen LogP contribution in [0.5, 0.6) is 0 Å². The molecule has 2 fully saturated rings. The fourth-order valence-corrected chi connectivity index (χ4v) is 3.29. The van der Waals surface area contributed by atoms with Crippen LogP contribution in [0.4, 0.5) is 0 Å². The monoisotopic (exact) mass is 239 g/mol. The van der Waals surface area contributed by atoms with E-state index in [9.17, 15) is 0 Å². The molecular formula is C14H29N3. The molecule has 17 heavy (non-hydrogen) atoms. The minimum Gasteiger partial charge on any atom is -0.316 e. The van der Waals surface area contributed by atoms with Gasteiger partial charge in [-0.3, -0.25) is 9.80 Å². The molecule has 3 heteroatoms. The summed E-state index contributed by atoms with van der Waals surface area (Å²) in [6, 6.07) is 0. The van der Waals surface area contributed by atoms with Crippen LogP contribution in [0.3, 0.4) is 0 Å². The van der Waals surface area contributed by atoms with Gasteiger partial charge in [0, 0.05) is 38.3 Å². The highest BCUT2D eigenvalue weighted by atomic mass is 15.3. The number of rotatable bonds is 3. The van der Waals surface area contributed by atoms with E-state index in [-0.39, 0.29) is 0 Å². The van der Waals surface area contributed by atoms with Crippen molar-refractivity contribution in [2.45, 2.75) is 39.2 Å². The van der Waals surface area contributed by atoms with E-state index in [4.69, 9.17) is 0 Å². The summed E-state index contributed by atoms with van der Waals surface area (Å²) in [7, 11) is 2.25. The minimum absolute atomic E-state index is 0.333. The summed E-state index contributed by atoms with van der Waals surface area (Å²) in [4.78, 5) is 5.19. The van der Waals surface area contributed by atoms with Gasteiger partial charge in [-0.1, -0.05) is 6.92 Å². The summed E-state index contributed by atoms with van der Waals surface area (Å²) < 4.78 is 0. The molecule has 0 bridgehead atoms. The van der Waals surface area contributed by atoms with Gasteiger partial charge in [-0.15, -0.1) is 0 Å². The Kier molecular flexibility index (Phi) is 3.81. The lowest BCUT2D eigenvalue weighted by molar-refractivity contribution is 0.0181. The van der Waals surface area contributed by atoms with Crippen LogP contribution >= 0.6 is 0 Å². The first-order chi connectivity index (χ1) is 7.97. The Morgan fingerprint density at radius 1 is 1.24 bits per heavy atom. The number of likely N-dealkylation sites (N-methyl/N-ethyl adjacent to an activating group) is 1. The molecule has 3 nitrogen and oxygen atoms in total. The van der Waals surface area contributed by atoms with Gasteiger partial charge < -0.3 is 5.32 Å². The third-order valence-corrected chi connectivity index (χ3v) is 5.04. The molecule has 0 aromatic heterocycles. The molecule has 0 spiro atoms. The number of nitrogens with zero attached hydrogens (tertiary/aromatic N) is 2. The van der Waals surface area contributed by atoms with Crippen molar-refractivity contribution in [3.8, 4) is 0 Å². The van der Waals surface area contributed by atoms with Crippen molar-refractivity contribution in [1.29, 1.82) is 0 Å². The Hall–Kier alpha value is -0.120. The summed E-state index contributed by atoms with van der Waals surface area (Å²) >= 11 is 0. The molecular weight excluding hydrogens is 210 g/mol. The number of hydrogen-bond donors (Lipinski definition) is 1. The van der Waals surface area contributed by atoms with Crippen molar-refractivity contribution in [3.63, 3.8) is 0 Å². The largest absolute Gasteiger partial charge is 0.316 e. The van der Waals surface area contributed by atoms with Gasteiger partial charge >= 0.3 is 0 Å². The van der Waals surface area contributed by atoms with E-state index < -0.39 is 0 Å². The molecule has 2 aliphatic rings. The second-order valence-corrected chi connectivity index (χ2v) is 6.72. The molecule has 100 valence electrons. The maximum atomic E-state index is 3.55. The number of nitrogens with one attached hydrogen (secondary N) is 1. The van der Waals surface area contributed by atoms with Crippen LogP contribution in [0.1, 0.15) is 33.6 Å². The van der Waals surface area contributed by atoms with Crippen molar-refractivity contribution in [2.24, 2.45) is 5.41 Å². The zero-order valence-corrected chi connectivity index (χ0v) is 12.1. The van der Waals surface area contributed by atoms with Gasteiger partial charge in [0.25, 0.3) is 0 Å². The molecule has 0 radical (unpaired) electrons. The van der Waals surface area contributed by atoms with Gasteiger partial charge in [0.2, 0.25) is 0 Å². The molecule has 0 saturated carbocycles. The van der Waals surface area contributed by atoms with Gasteiger partial charge in [0.1, 0.15) is 0 Å². The molecule has 2 rings (SSSR count). The predicted molar refractivity (Wildman–Crippen MR) is 73.4 cm³/mol. The predicted octanol–water partition coefficient (Wildman–Crippen LogP) is 1.40. The van der Waals surface area contributed by atoms with E-state index in [1.54, 1.807) is 0 Å². The van der Waals surface area contributed by atoms with E-state index in [2.05, 4.69) is 42.9 Å². The third-order valence-electron chi connectivity index (χ3n) is 5.04. The van der Waals surface area contributed by atoms with Crippen LogP contribution < -0.4 is 5.32 Å². The number of piperazine rings is 1. The summed E-state index contributed by atoms with van der Waals surface area (Å²) in [6.45, 7) is 14.5. The van der Waals surface area contributed by atoms with Crippen LogP contribution in [0, 0.1) is 5.41 Å². The van der Waals surface area contributed by atoms with Crippen LogP contribution in [-0.2, 0) is 0 Å². The van der Waals surface area contributed by atoms with Gasteiger partial charge in [0.05, 0.1) is 0 Å². The van der Waals surface area contributed by atoms with Crippen molar-refractivity contribution >= 4 is 0 Å². The Morgan fingerprint density at radius 2 is 2.00 bits per heavy atom. The van der Waals surface area contributed by atoms with Crippen molar-refractivity contribution in [1.82, 2.24) is 15.1 Å². The first-order valence-electron chi connectivity index (χ1n) is 7.12. The molecule has 0 aromatic carbocycles. The van der Waals surface area contributed by atoms with E-state index in [1.165, 1.54) is 52.1 Å². The molecule has 2 saturated heterocycles. The normalized spacial score (nSPS) is 35.3. The Bertz CT molecular complexity index is 256. The fourth-order valence-electron chi connectivity index (χ4n) is 3.29. The second-order valence-electron chi connectivity index (χ2n) is 6.72. The minimum atomic E-state index is 0.333. The second kappa shape index (κ2) is 4.87. The van der Waals surface area contributed by atoms with Crippen LogP contribution in [0.15, 0.2) is 0 Å². The highest BCUT2D eigenvalue weighted by molar-refractivity contribution is 4.94. The smallest absolute Gasteiger partial charge is 0.0277 e. The van der Waals surface area contributed by atoms with Crippen molar-refractivity contribution in [2.75, 3.05) is 46.3 Å². The Balaban J connectivity index is 1.95. The summed E-state index contributed by atoms with van der Waals surface area (Å²) in [5.41, 5.74) is 0.880. The summed E-state index contributed by atoms with van der Waals surface area (Å²) in [5.74, 6) is 0. The zero-order chi connectivity index (χ0) is 12.5. The summed E-state index contributed by atoms with van der Waals surface area (Å²) in [6.07, 6.45) is 2.67. The summed E-state index contributed by atoms with van der Waals surface area (Å²) in [5, 5.41) is 3.55. The number of hydrogen-bond acceptors (Lipinski definition) is 3. The van der Waals surface area contributed by atoms with Crippen LogP contribution in [0.25, 0.3) is 0 Å². The zero-order valence-electron chi connectivity index (χ0n) is 12.1. The highest BCUT2D eigenvalue weighted by Crippen LogP contribution is 2.32. The molecule has 1 N–H and O–H groups in total. The highest BCUT2D eigenvalue weighted by Gasteiger charge is 2.37. The Morgan fingerprint density at radius 3 is 2.53 bits per heavy atom. The van der Waals surface area contributed by atoms with E-state index in [0.717, 1.165) is 0 Å². The van der Waals surface area contributed by atoms with Gasteiger partial charge in [-0.25, -0.2) is 0 Å². The van der Waals surface area contributed by atoms with E-state index >= 15 is 0 Å². The molecule has 0 aliphatic carbocycles. The van der Waals surface area contributed by atoms with Gasteiger partial charge in [-0.05, 0) is 45.7 Å². The average molecular weight is 239 g/mol. The lowest BCUT2D eigenvalue weighted by atomic mass is 9.83. The maximum Gasteiger partial charge on any atom is 0.0277 e. The maximum absolute atomic E-state index is 3.55. The molecule has 2 aliphatic heterocycles.